The largest absolute Gasteiger partial charge is 0.151 e. The minimum Gasteiger partial charge on any atom is -0.151 e. The molecule has 0 amide bonds. The van der Waals surface area contributed by atoms with Crippen molar-refractivity contribution >= 4 is 78.0 Å². The molecule has 4 heteroatoms. The summed E-state index contributed by atoms with van der Waals surface area (Å²) in [6, 6.07) is 54.2. The molecule has 0 aliphatic carbocycles. The molecule has 8 aromatic rings. The molecule has 0 aliphatic rings. The number of fused-ring (bicyclic) bond motifs is 4. The van der Waals surface area contributed by atoms with Gasteiger partial charge in [-0.25, -0.2) is 0 Å². The van der Waals surface area contributed by atoms with E-state index in [0.29, 0.717) is 0 Å². The van der Waals surface area contributed by atoms with Crippen LogP contribution in [0.15, 0.2) is 178 Å². The van der Waals surface area contributed by atoms with Crippen LogP contribution in [-0.2, 0) is 0 Å². The molecule has 0 aromatic heterocycles. The molecule has 0 unspecified atom stereocenters. The number of hydrogen-bond donors (Lipinski definition) is 0. The summed E-state index contributed by atoms with van der Waals surface area (Å²) in [5.41, 5.74) is 5.63. The molecule has 0 N–H and O–H groups in total. The summed E-state index contributed by atoms with van der Waals surface area (Å²) < 4.78 is 0. The van der Waals surface area contributed by atoms with Gasteiger partial charge in [-0.15, -0.1) is 0 Å². The maximum absolute atomic E-state index is 4.50. The van der Waals surface area contributed by atoms with Crippen molar-refractivity contribution in [3.63, 3.8) is 0 Å². The molecule has 4 nitrogen and oxygen atoms in total. The van der Waals surface area contributed by atoms with Crippen LogP contribution in [0.2, 0.25) is 0 Å². The Bertz CT molecular complexity index is 2320. The fourth-order valence-corrected chi connectivity index (χ4v) is 5.74. The zero-order valence-corrected chi connectivity index (χ0v) is 25.0. The third kappa shape index (κ3) is 5.92. The van der Waals surface area contributed by atoms with Gasteiger partial charge in [-0.05, 0) is 115 Å². The summed E-state index contributed by atoms with van der Waals surface area (Å²) in [5, 5.41) is 27.2. The first-order valence-electron chi connectivity index (χ1n) is 15.3. The standard InChI is InChI=1S/C42H28N4/c1-3-7-33-25-39(19-15-31(33)5-1)43-45-41-21-17-35-23-29(11-13-37(35)27-41)9-10-30-12-14-38-28-42(22-18-36(38)24-30)46-44-40-20-16-32-6-2-4-8-34(32)26-40/h1-28H. The molecule has 0 bridgehead atoms. The van der Waals surface area contributed by atoms with Gasteiger partial charge in [0.2, 0.25) is 0 Å². The summed E-state index contributed by atoms with van der Waals surface area (Å²) in [4.78, 5) is 0. The first-order valence-corrected chi connectivity index (χ1v) is 15.3. The van der Waals surface area contributed by atoms with E-state index in [1.54, 1.807) is 0 Å². The number of azo groups is 2. The van der Waals surface area contributed by atoms with E-state index in [-0.39, 0.29) is 0 Å². The Kier molecular flexibility index (Phi) is 7.14. The van der Waals surface area contributed by atoms with E-state index in [1.807, 2.05) is 48.5 Å². The van der Waals surface area contributed by atoms with Gasteiger partial charge in [0.05, 0.1) is 22.7 Å². The van der Waals surface area contributed by atoms with Crippen molar-refractivity contribution in [3.05, 3.63) is 169 Å². The second-order valence-electron chi connectivity index (χ2n) is 11.4. The molecule has 0 heterocycles. The topological polar surface area (TPSA) is 49.4 Å². The third-order valence-corrected chi connectivity index (χ3v) is 8.19. The Morgan fingerprint density at radius 3 is 0.935 bits per heavy atom. The molecule has 216 valence electrons. The van der Waals surface area contributed by atoms with Crippen LogP contribution in [0.5, 0.6) is 0 Å². The maximum atomic E-state index is 4.50. The summed E-state index contributed by atoms with van der Waals surface area (Å²) in [6.45, 7) is 0. The molecule has 46 heavy (non-hydrogen) atoms. The van der Waals surface area contributed by atoms with Gasteiger partial charge in [0.15, 0.2) is 0 Å². The Morgan fingerprint density at radius 1 is 0.261 bits per heavy atom. The Labute approximate surface area is 266 Å². The van der Waals surface area contributed by atoms with Gasteiger partial charge in [0.1, 0.15) is 0 Å². The molecule has 8 rings (SSSR count). The Balaban J connectivity index is 0.958. The normalized spacial score (nSPS) is 12.1. The molecule has 0 aliphatic heterocycles. The highest BCUT2D eigenvalue weighted by atomic mass is 15.1. The van der Waals surface area contributed by atoms with E-state index >= 15 is 0 Å². The first-order chi connectivity index (χ1) is 22.7. The maximum Gasteiger partial charge on any atom is 0.0863 e. The lowest BCUT2D eigenvalue weighted by Crippen LogP contribution is -1.78. The second kappa shape index (κ2) is 12.0. The van der Waals surface area contributed by atoms with Crippen molar-refractivity contribution in [2.75, 3.05) is 0 Å². The minimum atomic E-state index is 0.832. The van der Waals surface area contributed by atoms with Crippen LogP contribution in [0, 0.1) is 0 Å². The van der Waals surface area contributed by atoms with Gasteiger partial charge in [0.25, 0.3) is 0 Å². The molecule has 0 spiro atoms. The van der Waals surface area contributed by atoms with Crippen molar-refractivity contribution in [2.45, 2.75) is 0 Å². The average Bonchev–Trinajstić information content (AvgIpc) is 3.11. The van der Waals surface area contributed by atoms with Gasteiger partial charge in [0, 0.05) is 0 Å². The van der Waals surface area contributed by atoms with Gasteiger partial charge in [-0.1, -0.05) is 109 Å². The van der Waals surface area contributed by atoms with Gasteiger partial charge in [-0.3, -0.25) is 0 Å². The quantitative estimate of drug-likeness (QED) is 0.137. The van der Waals surface area contributed by atoms with Crippen LogP contribution >= 0.6 is 0 Å². The number of benzene rings is 8. The van der Waals surface area contributed by atoms with Crippen molar-refractivity contribution in [3.8, 4) is 0 Å². The second-order valence-corrected chi connectivity index (χ2v) is 11.4. The van der Waals surface area contributed by atoms with Crippen LogP contribution in [-0.4, -0.2) is 0 Å². The molecule has 8 aromatic carbocycles. The fraction of sp³-hybridized carbons (Fsp3) is 0. The molecule has 0 atom stereocenters. The van der Waals surface area contributed by atoms with E-state index in [1.165, 1.54) is 10.8 Å². The van der Waals surface area contributed by atoms with Crippen molar-refractivity contribution < 1.29 is 0 Å². The number of nitrogens with zero attached hydrogens (tertiary/aromatic N) is 4. The third-order valence-electron chi connectivity index (χ3n) is 8.19. The first kappa shape index (κ1) is 27.3. The van der Waals surface area contributed by atoms with Crippen molar-refractivity contribution in [1.29, 1.82) is 0 Å². The average molecular weight is 589 g/mol. The zero-order chi connectivity index (χ0) is 30.7. The van der Waals surface area contributed by atoms with Crippen LogP contribution in [0.25, 0.3) is 55.2 Å². The molecule has 0 radical (unpaired) electrons. The SMILES string of the molecule is C(=Cc1ccc2cc(N=Nc3ccc4ccccc4c3)ccc2c1)c1ccc2cc(N=Nc3ccc4ccccc4c3)ccc2c1. The van der Waals surface area contributed by atoms with Crippen LogP contribution in [0.3, 0.4) is 0 Å². The summed E-state index contributed by atoms with van der Waals surface area (Å²) >= 11 is 0. The summed E-state index contributed by atoms with van der Waals surface area (Å²) in [6.07, 6.45) is 4.31. The Hall–Kier alpha value is -6.26. The van der Waals surface area contributed by atoms with E-state index in [0.717, 1.165) is 66.2 Å². The van der Waals surface area contributed by atoms with Crippen LogP contribution in [0.4, 0.5) is 22.7 Å². The highest BCUT2D eigenvalue weighted by Gasteiger charge is 2.01. The highest BCUT2D eigenvalue weighted by molar-refractivity contribution is 5.91. The van der Waals surface area contributed by atoms with E-state index in [2.05, 4.69) is 142 Å². The summed E-state index contributed by atoms with van der Waals surface area (Å²) in [7, 11) is 0. The lowest BCUT2D eigenvalue weighted by molar-refractivity contribution is 1.24. The lowest BCUT2D eigenvalue weighted by atomic mass is 10.0. The summed E-state index contributed by atoms with van der Waals surface area (Å²) in [5.74, 6) is 0. The molecular weight excluding hydrogens is 560 g/mol. The number of rotatable bonds is 6. The molecular formula is C42H28N4. The predicted octanol–water partition coefficient (Wildman–Crippen LogP) is 13.3. The molecule has 0 fully saturated rings. The monoisotopic (exact) mass is 588 g/mol. The van der Waals surface area contributed by atoms with Crippen molar-refractivity contribution in [2.24, 2.45) is 20.5 Å². The van der Waals surface area contributed by atoms with Crippen LogP contribution in [0.1, 0.15) is 11.1 Å². The van der Waals surface area contributed by atoms with E-state index < -0.39 is 0 Å². The van der Waals surface area contributed by atoms with E-state index in [9.17, 15) is 0 Å². The predicted molar refractivity (Wildman–Crippen MR) is 193 cm³/mol. The zero-order valence-electron chi connectivity index (χ0n) is 25.0. The van der Waals surface area contributed by atoms with Gasteiger partial charge < -0.3 is 0 Å². The fourth-order valence-electron chi connectivity index (χ4n) is 5.74. The molecule has 0 saturated heterocycles. The van der Waals surface area contributed by atoms with Gasteiger partial charge in [-0.2, -0.15) is 20.5 Å². The lowest BCUT2D eigenvalue weighted by Gasteiger charge is -2.03. The smallest absolute Gasteiger partial charge is 0.0863 e. The highest BCUT2D eigenvalue weighted by Crippen LogP contribution is 2.29. The van der Waals surface area contributed by atoms with Crippen LogP contribution < -0.4 is 0 Å². The van der Waals surface area contributed by atoms with Crippen molar-refractivity contribution in [1.82, 2.24) is 0 Å². The molecule has 0 saturated carbocycles. The van der Waals surface area contributed by atoms with E-state index in [4.69, 9.17) is 0 Å². The van der Waals surface area contributed by atoms with Gasteiger partial charge >= 0.3 is 0 Å². The number of hydrogen-bond acceptors (Lipinski definition) is 4. The minimum absolute atomic E-state index is 0.832. The Morgan fingerprint density at radius 2 is 0.543 bits per heavy atom.